The number of benzene rings is 1. The van der Waals surface area contributed by atoms with Gasteiger partial charge in [0.05, 0.1) is 7.11 Å². The Labute approximate surface area is 58.4 Å². The van der Waals surface area contributed by atoms with E-state index in [0.717, 1.165) is 5.75 Å². The van der Waals surface area contributed by atoms with E-state index in [1.807, 2.05) is 0 Å². The molecule has 0 heterocycles. The Bertz CT molecular complexity index is 183. The standard InChI is InChI=1S/C7H8O2.FH/c1-9-7-4-2-6(8)3-5-7;/h2-5,8H,1H3;1H. The molecule has 56 valence electrons. The third-order valence-corrected chi connectivity index (χ3v) is 1.07. The lowest BCUT2D eigenvalue weighted by Gasteiger charge is -1.96. The number of ether oxygens (including phenoxy) is 1. The number of methoxy groups -OCH3 is 1. The van der Waals surface area contributed by atoms with Crippen LogP contribution in [-0.2, 0) is 0 Å². The number of aromatic hydroxyl groups is 1. The van der Waals surface area contributed by atoms with Gasteiger partial charge in [0.2, 0.25) is 0 Å². The number of phenolic OH excluding ortho intramolecular Hbond substituents is 1. The van der Waals surface area contributed by atoms with Gasteiger partial charge < -0.3 is 9.84 Å². The van der Waals surface area contributed by atoms with Crippen LogP contribution in [0.3, 0.4) is 0 Å². The van der Waals surface area contributed by atoms with Gasteiger partial charge in [-0.05, 0) is 24.3 Å². The zero-order valence-electron chi connectivity index (χ0n) is 5.57. The lowest BCUT2D eigenvalue weighted by atomic mass is 10.3. The molecule has 0 fully saturated rings. The van der Waals surface area contributed by atoms with Crippen molar-refractivity contribution in [3.05, 3.63) is 24.3 Å². The lowest BCUT2D eigenvalue weighted by molar-refractivity contribution is 0.412. The van der Waals surface area contributed by atoms with E-state index >= 15 is 0 Å². The molecule has 0 saturated heterocycles. The van der Waals surface area contributed by atoms with Gasteiger partial charge >= 0.3 is 0 Å². The van der Waals surface area contributed by atoms with Crippen LogP contribution < -0.4 is 4.74 Å². The number of hydrogen-bond acceptors (Lipinski definition) is 2. The van der Waals surface area contributed by atoms with Crippen LogP contribution in [0, 0.1) is 0 Å². The van der Waals surface area contributed by atoms with Crippen LogP contribution in [0.15, 0.2) is 24.3 Å². The Morgan fingerprint density at radius 3 is 2.10 bits per heavy atom. The summed E-state index contributed by atoms with van der Waals surface area (Å²) in [5.74, 6) is 1.02. The molecule has 0 aromatic heterocycles. The molecule has 0 saturated carbocycles. The maximum Gasteiger partial charge on any atom is 0.119 e. The first kappa shape index (κ1) is 8.75. The number of halogens is 1. The van der Waals surface area contributed by atoms with Gasteiger partial charge in [-0.1, -0.05) is 0 Å². The third kappa shape index (κ3) is 1.93. The minimum absolute atomic E-state index is 0. The molecule has 2 nitrogen and oxygen atoms in total. The molecule has 0 aliphatic rings. The van der Waals surface area contributed by atoms with Gasteiger partial charge in [-0.15, -0.1) is 0 Å². The summed E-state index contributed by atoms with van der Waals surface area (Å²) < 4.78 is 4.86. The molecule has 0 unspecified atom stereocenters. The summed E-state index contributed by atoms with van der Waals surface area (Å²) in [5, 5.41) is 8.80. The zero-order chi connectivity index (χ0) is 6.69. The lowest BCUT2D eigenvalue weighted by Crippen LogP contribution is -1.79. The molecule has 3 heteroatoms. The molecule has 1 rings (SSSR count). The smallest absolute Gasteiger partial charge is 0.119 e. The molecule has 0 radical (unpaired) electrons. The predicted molar refractivity (Wildman–Crippen MR) is 37.2 cm³/mol. The summed E-state index contributed by atoms with van der Waals surface area (Å²) in [6.45, 7) is 0. The van der Waals surface area contributed by atoms with Gasteiger partial charge in [0.25, 0.3) is 0 Å². The largest absolute Gasteiger partial charge is 0.508 e. The van der Waals surface area contributed by atoms with E-state index < -0.39 is 0 Å². The fourth-order valence-electron chi connectivity index (χ4n) is 0.582. The number of rotatable bonds is 1. The van der Waals surface area contributed by atoms with Crippen molar-refractivity contribution in [3.63, 3.8) is 0 Å². The van der Waals surface area contributed by atoms with Crippen LogP contribution in [-0.4, -0.2) is 12.2 Å². The molecule has 1 N–H and O–H groups in total. The van der Waals surface area contributed by atoms with Crippen LogP contribution in [0.25, 0.3) is 0 Å². The van der Waals surface area contributed by atoms with E-state index in [9.17, 15) is 0 Å². The van der Waals surface area contributed by atoms with Crippen LogP contribution in [0.4, 0.5) is 4.70 Å². The van der Waals surface area contributed by atoms with Crippen LogP contribution in [0.5, 0.6) is 11.5 Å². The Balaban J connectivity index is 0.000000810. The van der Waals surface area contributed by atoms with Gasteiger partial charge in [-0.3, -0.25) is 4.70 Å². The van der Waals surface area contributed by atoms with Crippen molar-refractivity contribution in [1.29, 1.82) is 0 Å². The van der Waals surface area contributed by atoms with E-state index in [4.69, 9.17) is 9.84 Å². The van der Waals surface area contributed by atoms with Crippen molar-refractivity contribution in [2.24, 2.45) is 0 Å². The third-order valence-electron chi connectivity index (χ3n) is 1.07. The molecule has 0 amide bonds. The van der Waals surface area contributed by atoms with Crippen molar-refractivity contribution in [2.75, 3.05) is 7.11 Å². The summed E-state index contributed by atoms with van der Waals surface area (Å²) in [6.07, 6.45) is 0. The van der Waals surface area contributed by atoms with E-state index in [1.54, 1.807) is 31.4 Å². The fourth-order valence-corrected chi connectivity index (χ4v) is 0.582. The Morgan fingerprint density at radius 2 is 1.70 bits per heavy atom. The molecule has 0 bridgehead atoms. The maximum atomic E-state index is 8.80. The molecular weight excluding hydrogens is 135 g/mol. The van der Waals surface area contributed by atoms with Gasteiger partial charge in [-0.2, -0.15) is 0 Å². The van der Waals surface area contributed by atoms with Gasteiger partial charge in [0.1, 0.15) is 11.5 Å². The second kappa shape index (κ2) is 3.71. The summed E-state index contributed by atoms with van der Waals surface area (Å²) in [5.41, 5.74) is 0. The molecular formula is C7H9FO2. The first-order valence-corrected chi connectivity index (χ1v) is 2.66. The first-order valence-electron chi connectivity index (χ1n) is 2.66. The number of phenols is 1. The summed E-state index contributed by atoms with van der Waals surface area (Å²) >= 11 is 0. The van der Waals surface area contributed by atoms with Crippen molar-refractivity contribution < 1.29 is 14.5 Å². The minimum Gasteiger partial charge on any atom is -0.508 e. The summed E-state index contributed by atoms with van der Waals surface area (Å²) in [7, 11) is 1.59. The molecule has 10 heavy (non-hydrogen) atoms. The SMILES string of the molecule is COc1ccc(O)cc1.F. The van der Waals surface area contributed by atoms with E-state index in [-0.39, 0.29) is 10.5 Å². The molecule has 0 atom stereocenters. The average Bonchev–Trinajstić information content (AvgIpc) is 1.90. The highest BCUT2D eigenvalue weighted by Crippen LogP contribution is 2.14. The Morgan fingerprint density at radius 1 is 1.20 bits per heavy atom. The second-order valence-corrected chi connectivity index (χ2v) is 1.70. The summed E-state index contributed by atoms with van der Waals surface area (Å²) in [4.78, 5) is 0. The number of hydrogen-bond donors (Lipinski definition) is 1. The highest BCUT2D eigenvalue weighted by atomic mass is 19.0. The van der Waals surface area contributed by atoms with Gasteiger partial charge in [0, 0.05) is 0 Å². The summed E-state index contributed by atoms with van der Waals surface area (Å²) in [6, 6.07) is 6.57. The van der Waals surface area contributed by atoms with Crippen molar-refractivity contribution >= 4 is 0 Å². The van der Waals surface area contributed by atoms with Crippen LogP contribution in [0.2, 0.25) is 0 Å². The van der Waals surface area contributed by atoms with Gasteiger partial charge in [0.15, 0.2) is 0 Å². The molecule has 1 aromatic carbocycles. The highest BCUT2D eigenvalue weighted by Gasteiger charge is 1.87. The van der Waals surface area contributed by atoms with Crippen molar-refractivity contribution in [2.45, 2.75) is 0 Å². The molecule has 1 aromatic rings. The zero-order valence-corrected chi connectivity index (χ0v) is 5.57. The molecule has 0 aliphatic heterocycles. The van der Waals surface area contributed by atoms with Crippen molar-refractivity contribution in [1.82, 2.24) is 0 Å². The second-order valence-electron chi connectivity index (χ2n) is 1.70. The predicted octanol–water partition coefficient (Wildman–Crippen LogP) is 1.55. The van der Waals surface area contributed by atoms with E-state index in [1.165, 1.54) is 0 Å². The molecule has 0 aliphatic carbocycles. The maximum absolute atomic E-state index is 8.80. The quantitative estimate of drug-likeness (QED) is 0.648. The minimum atomic E-state index is 0. The monoisotopic (exact) mass is 144 g/mol. The van der Waals surface area contributed by atoms with E-state index in [0.29, 0.717) is 0 Å². The van der Waals surface area contributed by atoms with Gasteiger partial charge in [-0.25, -0.2) is 0 Å². The van der Waals surface area contributed by atoms with Crippen molar-refractivity contribution in [3.8, 4) is 11.5 Å². The van der Waals surface area contributed by atoms with Crippen LogP contribution >= 0.6 is 0 Å². The Kier molecular flexibility index (Phi) is 3.25. The topological polar surface area (TPSA) is 29.5 Å². The van der Waals surface area contributed by atoms with E-state index in [2.05, 4.69) is 0 Å². The fraction of sp³-hybridized carbons (Fsp3) is 0.143. The van der Waals surface area contributed by atoms with Crippen LogP contribution in [0.1, 0.15) is 0 Å². The first-order chi connectivity index (χ1) is 4.33. The highest BCUT2D eigenvalue weighted by molar-refractivity contribution is 5.29. The normalized spacial score (nSPS) is 8.10. The molecule has 0 spiro atoms. The average molecular weight is 144 g/mol. The Hall–Kier alpha value is -1.25.